The topological polar surface area (TPSA) is 37.4 Å². The van der Waals surface area contributed by atoms with Gasteiger partial charge in [-0.2, -0.15) is 0 Å². The highest BCUT2D eigenvalue weighted by atomic mass is 79.9. The lowest BCUT2D eigenvalue weighted by atomic mass is 9.96. The first-order chi connectivity index (χ1) is 9.56. The Kier molecular flexibility index (Phi) is 3.48. The summed E-state index contributed by atoms with van der Waals surface area (Å²) in [6.07, 6.45) is 1.21. The van der Waals surface area contributed by atoms with Crippen LogP contribution in [0.25, 0.3) is 0 Å². The molecule has 1 aromatic heterocycles. The van der Waals surface area contributed by atoms with Crippen LogP contribution in [0.3, 0.4) is 0 Å². The molecule has 0 spiro atoms. The van der Waals surface area contributed by atoms with E-state index in [1.807, 2.05) is 23.6 Å². The van der Waals surface area contributed by atoms with Crippen molar-refractivity contribution in [2.45, 2.75) is 12.8 Å². The first-order valence-corrected chi connectivity index (χ1v) is 7.92. The Morgan fingerprint density at radius 1 is 1.25 bits per heavy atom. The zero-order chi connectivity index (χ0) is 14.3. The van der Waals surface area contributed by atoms with Crippen LogP contribution in [0.15, 0.2) is 33.4 Å². The van der Waals surface area contributed by atoms with Crippen LogP contribution in [0.2, 0.25) is 0 Å². The number of anilines is 1. The van der Waals surface area contributed by atoms with E-state index < -0.39 is 0 Å². The fourth-order valence-corrected chi connectivity index (χ4v) is 3.53. The molecule has 5 heteroatoms. The van der Waals surface area contributed by atoms with Crippen LogP contribution >= 0.6 is 27.3 Å². The van der Waals surface area contributed by atoms with E-state index in [-0.39, 0.29) is 11.7 Å². The van der Waals surface area contributed by atoms with Gasteiger partial charge in [-0.25, -0.2) is 0 Å². The lowest BCUT2D eigenvalue weighted by molar-refractivity contribution is -0.118. The zero-order valence-electron chi connectivity index (χ0n) is 10.9. The van der Waals surface area contributed by atoms with E-state index in [9.17, 15) is 9.59 Å². The van der Waals surface area contributed by atoms with Gasteiger partial charge >= 0.3 is 0 Å². The number of benzene rings is 1. The van der Waals surface area contributed by atoms with Crippen molar-refractivity contribution < 1.29 is 9.59 Å². The largest absolute Gasteiger partial charge is 0.315 e. The molecule has 0 saturated heterocycles. The normalized spacial score (nSPS) is 14.3. The summed E-state index contributed by atoms with van der Waals surface area (Å²) in [6.45, 7) is 0. The van der Waals surface area contributed by atoms with Crippen molar-refractivity contribution >= 4 is 44.6 Å². The number of fused-ring (bicyclic) bond motifs is 1. The maximum atomic E-state index is 12.4. The number of aryl methyl sites for hydroxylation is 1. The molecule has 0 bridgehead atoms. The highest BCUT2D eigenvalue weighted by Gasteiger charge is 2.22. The Hall–Kier alpha value is -1.46. The smallest absolute Gasteiger partial charge is 0.227 e. The van der Waals surface area contributed by atoms with E-state index >= 15 is 0 Å². The van der Waals surface area contributed by atoms with Crippen LogP contribution < -0.4 is 4.90 Å². The van der Waals surface area contributed by atoms with Gasteiger partial charge in [0.1, 0.15) is 0 Å². The molecule has 0 unspecified atom stereocenters. The Balaban J connectivity index is 1.97. The molecule has 1 aliphatic heterocycles. The minimum absolute atomic E-state index is 0.0225. The van der Waals surface area contributed by atoms with Gasteiger partial charge in [0.2, 0.25) is 5.91 Å². The van der Waals surface area contributed by atoms with Crippen molar-refractivity contribution in [3.8, 4) is 0 Å². The fourth-order valence-electron chi connectivity index (χ4n) is 2.39. The number of rotatable bonds is 2. The summed E-state index contributed by atoms with van der Waals surface area (Å²) >= 11 is 4.87. The molecule has 20 heavy (non-hydrogen) atoms. The molecule has 2 aromatic rings. The maximum Gasteiger partial charge on any atom is 0.227 e. The summed E-state index contributed by atoms with van der Waals surface area (Å²) < 4.78 is 0.948. The monoisotopic (exact) mass is 349 g/mol. The number of halogens is 1. The minimum atomic E-state index is 0.0225. The molecule has 0 N–H and O–H groups in total. The Morgan fingerprint density at radius 3 is 2.75 bits per heavy atom. The van der Waals surface area contributed by atoms with E-state index in [0.717, 1.165) is 15.0 Å². The quantitative estimate of drug-likeness (QED) is 0.776. The predicted octanol–water partition coefficient (Wildman–Crippen LogP) is 3.65. The Bertz CT molecular complexity index is 708. The van der Waals surface area contributed by atoms with Crippen molar-refractivity contribution in [2.24, 2.45) is 0 Å². The molecule has 0 aliphatic carbocycles. The number of thiophene rings is 1. The summed E-state index contributed by atoms with van der Waals surface area (Å²) in [5.41, 5.74) is 3.34. The summed E-state index contributed by atoms with van der Waals surface area (Å²) in [6, 6.07) is 7.40. The number of carbonyl (C=O) groups excluding carboxylic acids is 2. The average molecular weight is 350 g/mol. The molecule has 0 saturated carbocycles. The second-order valence-electron chi connectivity index (χ2n) is 4.76. The van der Waals surface area contributed by atoms with Gasteiger partial charge in [0.05, 0.1) is 3.79 Å². The number of amides is 1. The average Bonchev–Trinajstić information content (AvgIpc) is 2.88. The third-order valence-corrected chi connectivity index (χ3v) is 5.02. The Morgan fingerprint density at radius 2 is 2.05 bits per heavy atom. The van der Waals surface area contributed by atoms with Crippen LogP contribution in [0.5, 0.6) is 0 Å². The molecule has 0 radical (unpaired) electrons. The van der Waals surface area contributed by atoms with Crippen LogP contribution in [-0.4, -0.2) is 18.7 Å². The third-order valence-electron chi connectivity index (χ3n) is 3.51. The van der Waals surface area contributed by atoms with Gasteiger partial charge in [-0.15, -0.1) is 11.3 Å². The number of carbonyl (C=O) groups is 2. The van der Waals surface area contributed by atoms with Crippen molar-refractivity contribution in [2.75, 3.05) is 11.9 Å². The first kappa shape index (κ1) is 13.5. The SMILES string of the molecule is CN1C(=O)CCc2cc(C(=O)c3csc(Br)c3)ccc21. The molecular formula is C15H12BrNO2S. The molecule has 102 valence electrons. The number of hydrogen-bond donors (Lipinski definition) is 0. The number of hydrogen-bond acceptors (Lipinski definition) is 3. The van der Waals surface area contributed by atoms with E-state index in [1.54, 1.807) is 18.0 Å². The molecule has 0 atom stereocenters. The van der Waals surface area contributed by atoms with Gasteiger partial charge in [0.15, 0.2) is 5.78 Å². The van der Waals surface area contributed by atoms with Gasteiger partial charge in [0.25, 0.3) is 0 Å². The predicted molar refractivity (Wildman–Crippen MR) is 83.6 cm³/mol. The number of nitrogens with zero attached hydrogens (tertiary/aromatic N) is 1. The van der Waals surface area contributed by atoms with Crippen molar-refractivity contribution in [3.63, 3.8) is 0 Å². The Labute approximate surface area is 129 Å². The molecule has 1 aliphatic rings. The van der Waals surface area contributed by atoms with Crippen molar-refractivity contribution in [3.05, 3.63) is 50.1 Å². The lowest BCUT2D eigenvalue weighted by Crippen LogP contribution is -2.31. The van der Waals surface area contributed by atoms with Crippen LogP contribution in [0.1, 0.15) is 27.9 Å². The molecule has 2 heterocycles. The second-order valence-corrected chi connectivity index (χ2v) is 7.06. The van der Waals surface area contributed by atoms with Gasteiger partial charge in [-0.05, 0) is 52.2 Å². The maximum absolute atomic E-state index is 12.4. The summed E-state index contributed by atoms with van der Waals surface area (Å²) in [7, 11) is 1.78. The highest BCUT2D eigenvalue weighted by Crippen LogP contribution is 2.29. The first-order valence-electron chi connectivity index (χ1n) is 6.24. The summed E-state index contributed by atoms with van der Waals surface area (Å²) in [5.74, 6) is 0.146. The lowest BCUT2D eigenvalue weighted by Gasteiger charge is -2.25. The molecule has 1 aromatic carbocycles. The molecular weight excluding hydrogens is 338 g/mol. The molecule has 3 nitrogen and oxygen atoms in total. The second kappa shape index (κ2) is 5.14. The third kappa shape index (κ3) is 2.31. The van der Waals surface area contributed by atoms with Crippen LogP contribution in [0, 0.1) is 0 Å². The van der Waals surface area contributed by atoms with Crippen LogP contribution in [-0.2, 0) is 11.2 Å². The van der Waals surface area contributed by atoms with Crippen molar-refractivity contribution in [1.82, 2.24) is 0 Å². The minimum Gasteiger partial charge on any atom is -0.315 e. The van der Waals surface area contributed by atoms with E-state index in [0.29, 0.717) is 24.0 Å². The van der Waals surface area contributed by atoms with Gasteiger partial charge in [-0.1, -0.05) is 0 Å². The molecule has 0 fully saturated rings. The van der Waals surface area contributed by atoms with Gasteiger partial charge in [-0.3, -0.25) is 9.59 Å². The fraction of sp³-hybridized carbons (Fsp3) is 0.200. The number of ketones is 1. The van der Waals surface area contributed by atoms with Crippen molar-refractivity contribution in [1.29, 1.82) is 0 Å². The molecule has 3 rings (SSSR count). The van der Waals surface area contributed by atoms with Gasteiger partial charge < -0.3 is 4.90 Å². The van der Waals surface area contributed by atoms with E-state index in [2.05, 4.69) is 15.9 Å². The van der Waals surface area contributed by atoms with E-state index in [1.165, 1.54) is 11.3 Å². The highest BCUT2D eigenvalue weighted by molar-refractivity contribution is 9.11. The standard InChI is InChI=1S/C15H12BrNO2S/c1-17-12-4-2-10(6-9(12)3-5-14(17)18)15(19)11-7-13(16)20-8-11/h2,4,6-8H,3,5H2,1H3. The molecule has 1 amide bonds. The van der Waals surface area contributed by atoms with E-state index in [4.69, 9.17) is 0 Å². The van der Waals surface area contributed by atoms with Crippen LogP contribution in [0.4, 0.5) is 5.69 Å². The van der Waals surface area contributed by atoms with Gasteiger partial charge in [0, 0.05) is 35.7 Å². The zero-order valence-corrected chi connectivity index (χ0v) is 13.3. The summed E-state index contributed by atoms with van der Waals surface area (Å²) in [5, 5.41) is 1.85. The summed E-state index contributed by atoms with van der Waals surface area (Å²) in [4.78, 5) is 25.7.